The Morgan fingerprint density at radius 3 is 2.67 bits per heavy atom. The van der Waals surface area contributed by atoms with Crippen LogP contribution >= 0.6 is 0 Å². The summed E-state index contributed by atoms with van der Waals surface area (Å²) >= 11 is 0. The molecule has 1 saturated heterocycles. The van der Waals surface area contributed by atoms with Crippen LogP contribution in [0.15, 0.2) is 24.3 Å². The average Bonchev–Trinajstić information content (AvgIpc) is 2.95. The molecule has 1 unspecified atom stereocenters. The molecule has 0 bridgehead atoms. The molecule has 80 valence electrons. The van der Waals surface area contributed by atoms with Crippen molar-refractivity contribution in [3.8, 4) is 0 Å². The number of nitrogens with zero attached hydrogens (tertiary/aromatic N) is 1. The molecule has 2 fully saturated rings. The Morgan fingerprint density at radius 2 is 2.07 bits per heavy atom. The molecule has 2 N–H and O–H groups in total. The van der Waals surface area contributed by atoms with Gasteiger partial charge in [-0.1, -0.05) is 12.1 Å². The van der Waals surface area contributed by atoms with Crippen molar-refractivity contribution in [1.29, 1.82) is 0 Å². The summed E-state index contributed by atoms with van der Waals surface area (Å²) in [5.74, 6) is 0. The second kappa shape index (κ2) is 2.99. The molecule has 1 saturated carbocycles. The number of nitrogens with two attached hydrogens (primary N) is 1. The highest BCUT2D eigenvalue weighted by molar-refractivity contribution is 5.53. The smallest absolute Gasteiger partial charge is 0.0369 e. The van der Waals surface area contributed by atoms with Crippen LogP contribution in [0.25, 0.3) is 0 Å². The number of hydrogen-bond acceptors (Lipinski definition) is 2. The Hall–Kier alpha value is -1.02. The average molecular weight is 202 g/mol. The van der Waals surface area contributed by atoms with Crippen molar-refractivity contribution < 1.29 is 0 Å². The van der Waals surface area contributed by atoms with Gasteiger partial charge in [0.1, 0.15) is 0 Å². The summed E-state index contributed by atoms with van der Waals surface area (Å²) in [6.45, 7) is 4.56. The fourth-order valence-corrected chi connectivity index (χ4v) is 2.44. The molecule has 2 heteroatoms. The maximum Gasteiger partial charge on any atom is 0.0369 e. The minimum Gasteiger partial charge on any atom is -0.370 e. The van der Waals surface area contributed by atoms with E-state index in [1.165, 1.54) is 37.2 Å². The molecule has 1 aromatic carbocycles. The van der Waals surface area contributed by atoms with Gasteiger partial charge in [-0.3, -0.25) is 0 Å². The highest BCUT2D eigenvalue weighted by Crippen LogP contribution is 2.53. The van der Waals surface area contributed by atoms with E-state index in [4.69, 9.17) is 5.73 Å². The van der Waals surface area contributed by atoms with Gasteiger partial charge < -0.3 is 10.6 Å². The van der Waals surface area contributed by atoms with E-state index in [9.17, 15) is 0 Å². The molecular weight excluding hydrogens is 184 g/mol. The summed E-state index contributed by atoms with van der Waals surface area (Å²) in [4.78, 5) is 2.47. The van der Waals surface area contributed by atoms with E-state index >= 15 is 0 Å². The third-order valence-corrected chi connectivity index (χ3v) is 3.77. The topological polar surface area (TPSA) is 29.3 Å². The second-order valence-electron chi connectivity index (χ2n) is 5.24. The van der Waals surface area contributed by atoms with Gasteiger partial charge >= 0.3 is 0 Å². The van der Waals surface area contributed by atoms with Crippen LogP contribution in [0.3, 0.4) is 0 Å². The molecule has 1 heterocycles. The summed E-state index contributed by atoms with van der Waals surface area (Å²) < 4.78 is 0. The van der Waals surface area contributed by atoms with Crippen LogP contribution in [0.5, 0.6) is 0 Å². The molecule has 0 amide bonds. The molecule has 2 aliphatic rings. The summed E-state index contributed by atoms with van der Waals surface area (Å²) in [6, 6.07) is 8.80. The first-order valence-corrected chi connectivity index (χ1v) is 5.79. The lowest BCUT2D eigenvalue weighted by Crippen LogP contribution is -2.48. The van der Waals surface area contributed by atoms with Crippen LogP contribution < -0.4 is 10.6 Å². The Balaban J connectivity index is 1.77. The first-order chi connectivity index (χ1) is 7.19. The van der Waals surface area contributed by atoms with E-state index < -0.39 is 0 Å². The number of anilines is 1. The van der Waals surface area contributed by atoms with Crippen molar-refractivity contribution in [2.24, 2.45) is 11.1 Å². The zero-order chi connectivity index (χ0) is 10.5. The van der Waals surface area contributed by atoms with Crippen LogP contribution in [0.2, 0.25) is 0 Å². The van der Waals surface area contributed by atoms with Crippen LogP contribution in [-0.4, -0.2) is 13.1 Å². The molecule has 3 rings (SSSR count). The minimum absolute atomic E-state index is 0.140. The summed E-state index contributed by atoms with van der Waals surface area (Å²) in [7, 11) is 0. The lowest BCUT2D eigenvalue weighted by molar-refractivity contribution is 0.387. The molecule has 15 heavy (non-hydrogen) atoms. The molecule has 1 aromatic rings. The lowest BCUT2D eigenvalue weighted by Gasteiger charge is -2.42. The molecule has 1 aliphatic carbocycles. The zero-order valence-corrected chi connectivity index (χ0v) is 9.24. The molecule has 1 aliphatic heterocycles. The fraction of sp³-hybridized carbons (Fsp3) is 0.538. The van der Waals surface area contributed by atoms with Gasteiger partial charge in [-0.2, -0.15) is 0 Å². The van der Waals surface area contributed by atoms with E-state index in [1.54, 1.807) is 0 Å². The van der Waals surface area contributed by atoms with E-state index in [0.717, 1.165) is 5.41 Å². The van der Waals surface area contributed by atoms with Gasteiger partial charge in [0, 0.05) is 30.2 Å². The fourth-order valence-electron chi connectivity index (χ4n) is 2.44. The van der Waals surface area contributed by atoms with Crippen molar-refractivity contribution in [3.05, 3.63) is 29.8 Å². The largest absolute Gasteiger partial charge is 0.370 e. The summed E-state index contributed by atoms with van der Waals surface area (Å²) in [5, 5.41) is 0. The second-order valence-corrected chi connectivity index (χ2v) is 5.24. The molecular formula is C13H18N2. The Bertz CT molecular complexity index is 372. The molecule has 1 atom stereocenters. The van der Waals surface area contributed by atoms with Crippen LogP contribution in [0.1, 0.15) is 31.4 Å². The summed E-state index contributed by atoms with van der Waals surface area (Å²) in [5.41, 5.74) is 9.21. The van der Waals surface area contributed by atoms with E-state index in [2.05, 4.69) is 29.2 Å². The third-order valence-electron chi connectivity index (χ3n) is 3.77. The Morgan fingerprint density at radius 1 is 1.33 bits per heavy atom. The van der Waals surface area contributed by atoms with Crippen LogP contribution in [-0.2, 0) is 0 Å². The first-order valence-electron chi connectivity index (χ1n) is 5.79. The zero-order valence-electron chi connectivity index (χ0n) is 9.24. The molecule has 0 radical (unpaired) electrons. The van der Waals surface area contributed by atoms with Crippen molar-refractivity contribution >= 4 is 5.69 Å². The monoisotopic (exact) mass is 202 g/mol. The van der Waals surface area contributed by atoms with Gasteiger partial charge in [-0.05, 0) is 37.5 Å². The van der Waals surface area contributed by atoms with Gasteiger partial charge in [-0.25, -0.2) is 0 Å². The van der Waals surface area contributed by atoms with Gasteiger partial charge in [0.2, 0.25) is 0 Å². The molecule has 0 aromatic heterocycles. The maximum atomic E-state index is 5.89. The Labute approximate surface area is 91.1 Å². The minimum atomic E-state index is 0.140. The van der Waals surface area contributed by atoms with E-state index in [1.807, 2.05) is 6.92 Å². The third kappa shape index (κ3) is 1.53. The number of benzene rings is 1. The SMILES string of the molecule is CC(N)c1cccc(N2CC3(CC3)C2)c1. The van der Waals surface area contributed by atoms with Gasteiger partial charge in [0.15, 0.2) is 0 Å². The van der Waals surface area contributed by atoms with Gasteiger partial charge in [0.25, 0.3) is 0 Å². The predicted octanol–water partition coefficient (Wildman–Crippen LogP) is 2.31. The van der Waals surface area contributed by atoms with Crippen molar-refractivity contribution in [3.63, 3.8) is 0 Å². The predicted molar refractivity (Wildman–Crippen MR) is 62.9 cm³/mol. The first kappa shape index (κ1) is 9.22. The lowest BCUT2D eigenvalue weighted by atomic mass is 9.95. The van der Waals surface area contributed by atoms with Crippen LogP contribution in [0.4, 0.5) is 5.69 Å². The molecule has 2 nitrogen and oxygen atoms in total. The number of rotatable bonds is 2. The Kier molecular flexibility index (Phi) is 1.84. The standard InChI is InChI=1S/C13H18N2/c1-10(14)11-3-2-4-12(7-11)15-8-13(9-15)5-6-13/h2-4,7,10H,5-6,8-9,14H2,1H3. The van der Waals surface area contributed by atoms with Crippen LogP contribution in [0, 0.1) is 5.41 Å². The highest BCUT2D eigenvalue weighted by Gasteiger charge is 2.52. The quantitative estimate of drug-likeness (QED) is 0.797. The van der Waals surface area contributed by atoms with Crippen molar-refractivity contribution in [2.75, 3.05) is 18.0 Å². The van der Waals surface area contributed by atoms with Crippen molar-refractivity contribution in [2.45, 2.75) is 25.8 Å². The van der Waals surface area contributed by atoms with Crippen molar-refractivity contribution in [1.82, 2.24) is 0 Å². The summed E-state index contributed by atoms with van der Waals surface area (Å²) in [6.07, 6.45) is 2.88. The highest BCUT2D eigenvalue weighted by atomic mass is 15.2. The van der Waals surface area contributed by atoms with Gasteiger partial charge in [-0.15, -0.1) is 0 Å². The van der Waals surface area contributed by atoms with E-state index in [-0.39, 0.29) is 6.04 Å². The molecule has 1 spiro atoms. The normalized spacial score (nSPS) is 23.7. The van der Waals surface area contributed by atoms with Gasteiger partial charge in [0.05, 0.1) is 0 Å². The maximum absolute atomic E-state index is 5.89. The van der Waals surface area contributed by atoms with E-state index in [0.29, 0.717) is 0 Å². The number of hydrogen-bond donors (Lipinski definition) is 1.